The molecule has 0 amide bonds. The Morgan fingerprint density at radius 1 is 1.32 bits per heavy atom. The monoisotopic (exact) mass is 261 g/mol. The highest BCUT2D eigenvalue weighted by Crippen LogP contribution is 2.28. The molecule has 1 unspecified atom stereocenters. The number of hydrogen-bond donors (Lipinski definition) is 1. The van der Waals surface area contributed by atoms with Crippen molar-refractivity contribution < 1.29 is 0 Å². The van der Waals surface area contributed by atoms with Crippen LogP contribution in [-0.2, 0) is 7.05 Å². The standard InChI is InChI=1S/C16H27N3/c1-3-11-18-16(15-12-17-13-19(15)2)14-9-7-5-4-6-8-10-14/h9,12-13,16,18H,3-8,10-11H2,1-2H3. The number of nitrogens with one attached hydrogen (secondary N) is 1. The fraction of sp³-hybridized carbons (Fsp3) is 0.688. The van der Waals surface area contributed by atoms with Gasteiger partial charge in [0.05, 0.1) is 24.3 Å². The average molecular weight is 261 g/mol. The molecule has 0 saturated heterocycles. The molecule has 2 rings (SSSR count). The van der Waals surface area contributed by atoms with Crippen LogP contribution in [0.5, 0.6) is 0 Å². The Morgan fingerprint density at radius 3 is 2.89 bits per heavy atom. The van der Waals surface area contributed by atoms with Gasteiger partial charge >= 0.3 is 0 Å². The van der Waals surface area contributed by atoms with Gasteiger partial charge in [-0.25, -0.2) is 4.98 Å². The van der Waals surface area contributed by atoms with Crippen LogP contribution in [0.4, 0.5) is 0 Å². The van der Waals surface area contributed by atoms with E-state index in [0.29, 0.717) is 6.04 Å². The van der Waals surface area contributed by atoms with Gasteiger partial charge in [-0.3, -0.25) is 0 Å². The SMILES string of the molecule is CCCNC(C1=CCCCCCC1)c1cncn1C. The summed E-state index contributed by atoms with van der Waals surface area (Å²) >= 11 is 0. The summed E-state index contributed by atoms with van der Waals surface area (Å²) in [6.07, 6.45) is 15.5. The van der Waals surface area contributed by atoms with Crippen molar-refractivity contribution >= 4 is 0 Å². The number of aryl methyl sites for hydroxylation is 1. The smallest absolute Gasteiger partial charge is 0.0946 e. The summed E-state index contributed by atoms with van der Waals surface area (Å²) in [5.41, 5.74) is 2.86. The van der Waals surface area contributed by atoms with Crippen molar-refractivity contribution in [2.45, 2.75) is 57.9 Å². The second-order valence-corrected chi connectivity index (χ2v) is 5.55. The summed E-state index contributed by atoms with van der Waals surface area (Å²) in [7, 11) is 2.09. The summed E-state index contributed by atoms with van der Waals surface area (Å²) in [5.74, 6) is 0. The van der Waals surface area contributed by atoms with E-state index >= 15 is 0 Å². The fourth-order valence-electron chi connectivity index (χ4n) is 2.84. The van der Waals surface area contributed by atoms with Gasteiger partial charge in [-0.2, -0.15) is 0 Å². The van der Waals surface area contributed by atoms with Crippen LogP contribution in [0.1, 0.15) is 63.6 Å². The largest absolute Gasteiger partial charge is 0.336 e. The van der Waals surface area contributed by atoms with Crippen LogP contribution in [0, 0.1) is 0 Å². The Morgan fingerprint density at radius 2 is 2.16 bits per heavy atom. The summed E-state index contributed by atoms with van der Waals surface area (Å²) in [5, 5.41) is 3.70. The van der Waals surface area contributed by atoms with Crippen LogP contribution in [-0.4, -0.2) is 16.1 Å². The minimum absolute atomic E-state index is 0.352. The maximum absolute atomic E-state index is 4.28. The zero-order valence-electron chi connectivity index (χ0n) is 12.4. The topological polar surface area (TPSA) is 29.9 Å². The molecule has 0 spiro atoms. The summed E-state index contributed by atoms with van der Waals surface area (Å²) in [6, 6.07) is 0.352. The Kier molecular flexibility index (Phi) is 5.64. The Labute approximate surface area is 117 Å². The van der Waals surface area contributed by atoms with Crippen molar-refractivity contribution in [1.82, 2.24) is 14.9 Å². The predicted molar refractivity (Wildman–Crippen MR) is 80.0 cm³/mol. The van der Waals surface area contributed by atoms with Crippen LogP contribution in [0.2, 0.25) is 0 Å². The van der Waals surface area contributed by atoms with Gasteiger partial charge in [0.2, 0.25) is 0 Å². The Balaban J connectivity index is 2.18. The van der Waals surface area contributed by atoms with Gasteiger partial charge in [0.1, 0.15) is 0 Å². The molecular formula is C16H27N3. The normalized spacial score (nSPS) is 18.5. The maximum atomic E-state index is 4.28. The molecule has 0 radical (unpaired) electrons. The van der Waals surface area contributed by atoms with E-state index in [9.17, 15) is 0 Å². The zero-order chi connectivity index (χ0) is 13.5. The molecule has 1 atom stereocenters. The highest BCUT2D eigenvalue weighted by Gasteiger charge is 2.19. The molecule has 3 nitrogen and oxygen atoms in total. The number of imidazole rings is 1. The van der Waals surface area contributed by atoms with E-state index in [4.69, 9.17) is 0 Å². The van der Waals surface area contributed by atoms with Gasteiger partial charge in [0.25, 0.3) is 0 Å². The number of aromatic nitrogens is 2. The number of nitrogens with zero attached hydrogens (tertiary/aromatic N) is 2. The molecule has 1 aromatic rings. The van der Waals surface area contributed by atoms with E-state index in [0.717, 1.165) is 6.54 Å². The first-order valence-corrected chi connectivity index (χ1v) is 7.71. The van der Waals surface area contributed by atoms with E-state index in [-0.39, 0.29) is 0 Å². The van der Waals surface area contributed by atoms with Gasteiger partial charge in [0, 0.05) is 7.05 Å². The highest BCUT2D eigenvalue weighted by atomic mass is 15.1. The zero-order valence-corrected chi connectivity index (χ0v) is 12.4. The minimum Gasteiger partial charge on any atom is -0.336 e. The molecule has 1 N–H and O–H groups in total. The maximum Gasteiger partial charge on any atom is 0.0946 e. The summed E-state index contributed by atoms with van der Waals surface area (Å²) in [4.78, 5) is 4.28. The van der Waals surface area contributed by atoms with E-state index < -0.39 is 0 Å². The molecule has 0 aromatic carbocycles. The van der Waals surface area contributed by atoms with Crippen LogP contribution in [0.15, 0.2) is 24.2 Å². The van der Waals surface area contributed by atoms with Gasteiger partial charge in [-0.1, -0.05) is 31.4 Å². The molecular weight excluding hydrogens is 234 g/mol. The molecule has 0 saturated carbocycles. The molecule has 3 heteroatoms. The van der Waals surface area contributed by atoms with Crippen molar-refractivity contribution in [2.75, 3.05) is 6.54 Å². The van der Waals surface area contributed by atoms with Crippen molar-refractivity contribution in [2.24, 2.45) is 7.05 Å². The third-order valence-corrected chi connectivity index (χ3v) is 3.95. The Hall–Kier alpha value is -1.09. The van der Waals surface area contributed by atoms with E-state index in [2.05, 4.69) is 34.9 Å². The average Bonchev–Trinajstić information content (AvgIpc) is 2.78. The van der Waals surface area contributed by atoms with Crippen LogP contribution >= 0.6 is 0 Å². The molecule has 1 aromatic heterocycles. The first-order chi connectivity index (χ1) is 9.33. The van der Waals surface area contributed by atoms with E-state index in [1.807, 2.05) is 12.5 Å². The van der Waals surface area contributed by atoms with Gasteiger partial charge < -0.3 is 9.88 Å². The lowest BCUT2D eigenvalue weighted by atomic mass is 9.93. The van der Waals surface area contributed by atoms with Crippen LogP contribution in [0.25, 0.3) is 0 Å². The molecule has 106 valence electrons. The van der Waals surface area contributed by atoms with E-state index in [1.54, 1.807) is 5.57 Å². The predicted octanol–water partition coefficient (Wildman–Crippen LogP) is 3.74. The Bertz CT molecular complexity index is 406. The van der Waals surface area contributed by atoms with Gasteiger partial charge in [0.15, 0.2) is 0 Å². The molecule has 0 bridgehead atoms. The number of allylic oxidation sites excluding steroid dienone is 1. The first-order valence-electron chi connectivity index (χ1n) is 7.71. The highest BCUT2D eigenvalue weighted by molar-refractivity contribution is 5.22. The fourth-order valence-corrected chi connectivity index (χ4v) is 2.84. The van der Waals surface area contributed by atoms with Gasteiger partial charge in [-0.15, -0.1) is 0 Å². The lowest BCUT2D eigenvalue weighted by molar-refractivity contribution is 0.522. The second kappa shape index (κ2) is 7.49. The third-order valence-electron chi connectivity index (χ3n) is 3.95. The summed E-state index contributed by atoms with van der Waals surface area (Å²) in [6.45, 7) is 3.28. The number of rotatable bonds is 5. The lowest BCUT2D eigenvalue weighted by Gasteiger charge is -2.24. The molecule has 0 aliphatic heterocycles. The molecule has 0 fully saturated rings. The number of hydrogen-bond acceptors (Lipinski definition) is 2. The quantitative estimate of drug-likeness (QED) is 0.818. The second-order valence-electron chi connectivity index (χ2n) is 5.55. The minimum atomic E-state index is 0.352. The van der Waals surface area contributed by atoms with Crippen molar-refractivity contribution in [1.29, 1.82) is 0 Å². The molecule has 1 aliphatic rings. The van der Waals surface area contributed by atoms with Crippen molar-refractivity contribution in [3.05, 3.63) is 29.9 Å². The van der Waals surface area contributed by atoms with Crippen molar-refractivity contribution in [3.8, 4) is 0 Å². The van der Waals surface area contributed by atoms with Crippen LogP contribution < -0.4 is 5.32 Å². The third kappa shape index (κ3) is 3.93. The van der Waals surface area contributed by atoms with Crippen LogP contribution in [0.3, 0.4) is 0 Å². The molecule has 19 heavy (non-hydrogen) atoms. The van der Waals surface area contributed by atoms with E-state index in [1.165, 1.54) is 50.6 Å². The molecule has 1 aliphatic carbocycles. The van der Waals surface area contributed by atoms with Gasteiger partial charge in [-0.05, 0) is 38.6 Å². The molecule has 1 heterocycles. The summed E-state index contributed by atoms with van der Waals surface area (Å²) < 4.78 is 2.15. The first kappa shape index (κ1) is 14.3. The lowest BCUT2D eigenvalue weighted by Crippen LogP contribution is -2.26. The van der Waals surface area contributed by atoms with Crippen molar-refractivity contribution in [3.63, 3.8) is 0 Å².